The van der Waals surface area contributed by atoms with E-state index in [2.05, 4.69) is 21.3 Å². The normalized spacial score (nSPS) is 16.0. The Morgan fingerprint density at radius 2 is 1.91 bits per heavy atom. The molecule has 0 saturated carbocycles. The van der Waals surface area contributed by atoms with Crippen LogP contribution in [0.2, 0.25) is 0 Å². The molecule has 2 aromatic heterocycles. The van der Waals surface area contributed by atoms with Gasteiger partial charge in [0.05, 0.1) is 24.9 Å². The van der Waals surface area contributed by atoms with Crippen molar-refractivity contribution in [3.8, 4) is 11.4 Å². The molecule has 0 aliphatic carbocycles. The van der Waals surface area contributed by atoms with Gasteiger partial charge < -0.3 is 15.5 Å². The van der Waals surface area contributed by atoms with Crippen molar-refractivity contribution in [2.75, 3.05) is 50.9 Å². The van der Waals surface area contributed by atoms with Crippen LogP contribution < -0.4 is 5.32 Å². The van der Waals surface area contributed by atoms with E-state index in [1.807, 2.05) is 24.3 Å². The lowest BCUT2D eigenvalue weighted by Gasteiger charge is -2.32. The van der Waals surface area contributed by atoms with Gasteiger partial charge in [-0.15, -0.1) is 11.3 Å². The van der Waals surface area contributed by atoms with Crippen LogP contribution in [0.25, 0.3) is 21.6 Å². The zero-order valence-electron chi connectivity index (χ0n) is 17.9. The molecule has 0 amide bonds. The molecule has 3 heterocycles. The number of rotatable bonds is 8. The first-order valence-electron chi connectivity index (χ1n) is 10.4. The number of thiophene rings is 1. The second-order valence-electron chi connectivity index (χ2n) is 7.77. The minimum Gasteiger partial charge on any atom is -0.395 e. The number of aliphatic hydroxyl groups excluding tert-OH is 2. The van der Waals surface area contributed by atoms with Gasteiger partial charge in [0.25, 0.3) is 0 Å². The summed E-state index contributed by atoms with van der Waals surface area (Å²) in [5.41, 5.74) is 1.61. The molecule has 4 rings (SSSR count). The SMILES string of the molecule is CS(=O)(=O)N1CCN(Cc2cc3c(NCCO)nc(-c4cccc(CO)c4)nc3s2)CC1. The molecule has 1 aromatic carbocycles. The summed E-state index contributed by atoms with van der Waals surface area (Å²) < 4.78 is 25.0. The molecule has 9 nitrogen and oxygen atoms in total. The number of aliphatic hydroxyl groups is 2. The van der Waals surface area contributed by atoms with Crippen LogP contribution in [-0.4, -0.2) is 83.4 Å². The first-order valence-corrected chi connectivity index (χ1v) is 13.1. The third-order valence-electron chi connectivity index (χ3n) is 5.40. The summed E-state index contributed by atoms with van der Waals surface area (Å²) in [7, 11) is -3.15. The topological polar surface area (TPSA) is 119 Å². The largest absolute Gasteiger partial charge is 0.395 e. The molecule has 172 valence electrons. The lowest BCUT2D eigenvalue weighted by molar-refractivity contribution is 0.183. The number of benzene rings is 1. The molecule has 11 heteroatoms. The van der Waals surface area contributed by atoms with E-state index in [9.17, 15) is 18.6 Å². The Kier molecular flexibility index (Phi) is 7.03. The molecule has 1 saturated heterocycles. The Morgan fingerprint density at radius 1 is 1.12 bits per heavy atom. The maximum absolute atomic E-state index is 11.7. The Hall–Kier alpha value is -2.15. The van der Waals surface area contributed by atoms with Crippen molar-refractivity contribution in [1.29, 1.82) is 0 Å². The molecule has 0 atom stereocenters. The van der Waals surface area contributed by atoms with Crippen LogP contribution in [-0.2, 0) is 23.2 Å². The molecule has 32 heavy (non-hydrogen) atoms. The zero-order chi connectivity index (χ0) is 22.7. The van der Waals surface area contributed by atoms with E-state index in [-0.39, 0.29) is 13.2 Å². The molecule has 0 bridgehead atoms. The van der Waals surface area contributed by atoms with Crippen molar-refractivity contribution in [3.05, 3.63) is 40.8 Å². The van der Waals surface area contributed by atoms with Gasteiger partial charge in [0, 0.05) is 49.7 Å². The van der Waals surface area contributed by atoms with E-state index in [0.29, 0.717) is 50.9 Å². The van der Waals surface area contributed by atoms with Crippen molar-refractivity contribution >= 4 is 37.4 Å². The monoisotopic (exact) mass is 477 g/mol. The van der Waals surface area contributed by atoms with Crippen molar-refractivity contribution < 1.29 is 18.6 Å². The number of piperazine rings is 1. The molecule has 0 radical (unpaired) electrons. The van der Waals surface area contributed by atoms with Crippen LogP contribution in [0.15, 0.2) is 30.3 Å². The van der Waals surface area contributed by atoms with E-state index in [0.717, 1.165) is 26.2 Å². The Morgan fingerprint density at radius 3 is 2.59 bits per heavy atom. The number of fused-ring (bicyclic) bond motifs is 1. The van der Waals surface area contributed by atoms with Crippen LogP contribution in [0, 0.1) is 0 Å². The molecular formula is C21H27N5O4S2. The average Bonchev–Trinajstić information content (AvgIpc) is 3.19. The average molecular weight is 478 g/mol. The quantitative estimate of drug-likeness (QED) is 0.445. The Labute approximate surface area is 191 Å². The fourth-order valence-electron chi connectivity index (χ4n) is 3.74. The van der Waals surface area contributed by atoms with Gasteiger partial charge in [-0.2, -0.15) is 4.31 Å². The summed E-state index contributed by atoms with van der Waals surface area (Å²) in [5, 5.41) is 22.8. The van der Waals surface area contributed by atoms with Gasteiger partial charge in [0.15, 0.2) is 5.82 Å². The predicted molar refractivity (Wildman–Crippen MR) is 126 cm³/mol. The lowest BCUT2D eigenvalue weighted by Crippen LogP contribution is -2.47. The summed E-state index contributed by atoms with van der Waals surface area (Å²) >= 11 is 1.59. The first-order chi connectivity index (χ1) is 15.4. The van der Waals surface area contributed by atoms with Crippen LogP contribution in [0.5, 0.6) is 0 Å². The van der Waals surface area contributed by atoms with Crippen molar-refractivity contribution in [2.45, 2.75) is 13.2 Å². The molecule has 0 spiro atoms. The highest BCUT2D eigenvalue weighted by Gasteiger charge is 2.24. The van der Waals surface area contributed by atoms with E-state index < -0.39 is 10.0 Å². The Bertz CT molecular complexity index is 1190. The maximum atomic E-state index is 11.7. The molecule has 1 aliphatic rings. The maximum Gasteiger partial charge on any atom is 0.211 e. The number of nitrogens with one attached hydrogen (secondary N) is 1. The smallest absolute Gasteiger partial charge is 0.211 e. The van der Waals surface area contributed by atoms with Crippen molar-refractivity contribution in [3.63, 3.8) is 0 Å². The molecule has 3 N–H and O–H groups in total. The number of hydrogen-bond acceptors (Lipinski definition) is 9. The Balaban J connectivity index is 1.60. The van der Waals surface area contributed by atoms with Crippen LogP contribution in [0.3, 0.4) is 0 Å². The third-order valence-corrected chi connectivity index (χ3v) is 7.71. The molecular weight excluding hydrogens is 450 g/mol. The van der Waals surface area contributed by atoms with Crippen molar-refractivity contribution in [1.82, 2.24) is 19.2 Å². The highest BCUT2D eigenvalue weighted by molar-refractivity contribution is 7.88. The van der Waals surface area contributed by atoms with E-state index in [4.69, 9.17) is 4.98 Å². The second-order valence-corrected chi connectivity index (χ2v) is 10.9. The summed E-state index contributed by atoms with van der Waals surface area (Å²) in [5.74, 6) is 1.22. The first kappa shape index (κ1) is 23.0. The van der Waals surface area contributed by atoms with Crippen LogP contribution >= 0.6 is 11.3 Å². The van der Waals surface area contributed by atoms with Gasteiger partial charge in [-0.25, -0.2) is 18.4 Å². The summed E-state index contributed by atoms with van der Waals surface area (Å²) in [6.07, 6.45) is 1.25. The second kappa shape index (κ2) is 9.77. The van der Waals surface area contributed by atoms with Gasteiger partial charge in [0.1, 0.15) is 10.6 Å². The van der Waals surface area contributed by atoms with Gasteiger partial charge in [-0.3, -0.25) is 4.90 Å². The van der Waals surface area contributed by atoms with E-state index >= 15 is 0 Å². The highest BCUT2D eigenvalue weighted by atomic mass is 32.2. The number of anilines is 1. The van der Waals surface area contributed by atoms with Gasteiger partial charge >= 0.3 is 0 Å². The van der Waals surface area contributed by atoms with Crippen LogP contribution in [0.1, 0.15) is 10.4 Å². The number of nitrogens with zero attached hydrogens (tertiary/aromatic N) is 4. The minimum absolute atomic E-state index is 0.0115. The fraction of sp³-hybridized carbons (Fsp3) is 0.429. The van der Waals surface area contributed by atoms with Crippen LogP contribution in [0.4, 0.5) is 5.82 Å². The number of aromatic nitrogens is 2. The van der Waals surface area contributed by atoms with Gasteiger partial charge in [-0.1, -0.05) is 18.2 Å². The highest BCUT2D eigenvalue weighted by Crippen LogP contribution is 2.32. The molecule has 3 aromatic rings. The predicted octanol–water partition coefficient (Wildman–Crippen LogP) is 1.33. The third kappa shape index (κ3) is 5.25. The van der Waals surface area contributed by atoms with E-state index in [1.165, 1.54) is 10.6 Å². The lowest BCUT2D eigenvalue weighted by atomic mass is 10.1. The number of sulfonamides is 1. The summed E-state index contributed by atoms with van der Waals surface area (Å²) in [6, 6.07) is 9.56. The zero-order valence-corrected chi connectivity index (χ0v) is 19.5. The summed E-state index contributed by atoms with van der Waals surface area (Å²) in [6.45, 7) is 3.39. The molecule has 1 fully saturated rings. The fourth-order valence-corrected chi connectivity index (χ4v) is 5.63. The number of hydrogen-bond donors (Lipinski definition) is 3. The van der Waals surface area contributed by atoms with Gasteiger partial charge in [0.2, 0.25) is 10.0 Å². The standard InChI is InChI=1S/C21H27N5O4S2/c1-32(29,30)26-8-6-25(7-9-26)13-17-12-18-20(22-5-10-27)23-19(24-21(18)31-17)16-4-2-3-15(11-16)14-28/h2-4,11-12,27-28H,5-10,13-14H2,1H3,(H,22,23,24). The van der Waals surface area contributed by atoms with Gasteiger partial charge in [-0.05, 0) is 17.7 Å². The molecule has 0 unspecified atom stereocenters. The van der Waals surface area contributed by atoms with Crippen molar-refractivity contribution in [2.24, 2.45) is 0 Å². The van der Waals surface area contributed by atoms with E-state index in [1.54, 1.807) is 11.3 Å². The minimum atomic E-state index is -3.15. The summed E-state index contributed by atoms with van der Waals surface area (Å²) in [4.78, 5) is 13.7. The molecule has 1 aliphatic heterocycles.